The summed E-state index contributed by atoms with van der Waals surface area (Å²) in [4.78, 5) is 37.8. The number of hydrazine groups is 1. The van der Waals surface area contributed by atoms with Gasteiger partial charge in [0.2, 0.25) is 17.7 Å². The second-order valence-corrected chi connectivity index (χ2v) is 6.49. The van der Waals surface area contributed by atoms with Gasteiger partial charge in [-0.2, -0.15) is 0 Å². The number of benzene rings is 2. The first-order chi connectivity index (χ1) is 13.4. The highest BCUT2D eigenvalue weighted by Gasteiger charge is 2.28. The lowest BCUT2D eigenvalue weighted by Gasteiger charge is -2.32. The molecular weight excluding hydrogens is 361 g/mol. The van der Waals surface area contributed by atoms with E-state index in [1.807, 2.05) is 30.3 Å². The summed E-state index contributed by atoms with van der Waals surface area (Å²) in [6.07, 6.45) is 3.50. The average molecular weight is 381 g/mol. The molecule has 6 nitrogen and oxygen atoms in total. The number of halogens is 1. The second kappa shape index (κ2) is 8.47. The normalized spacial score (nSPS) is 14.9. The van der Waals surface area contributed by atoms with Gasteiger partial charge in [-0.15, -0.1) is 0 Å². The molecule has 0 unspecified atom stereocenters. The molecule has 0 radical (unpaired) electrons. The van der Waals surface area contributed by atoms with Crippen LogP contribution in [0.3, 0.4) is 0 Å². The average Bonchev–Trinajstić information content (AvgIpc) is 2.68. The molecular formula is C21H20FN3O3. The third kappa shape index (κ3) is 4.62. The zero-order valence-electron chi connectivity index (χ0n) is 15.3. The molecule has 3 amide bonds. The molecule has 0 aromatic heterocycles. The molecule has 1 atom stereocenters. The Labute approximate surface area is 162 Å². The topological polar surface area (TPSA) is 78.5 Å². The second-order valence-electron chi connectivity index (χ2n) is 6.49. The Hall–Kier alpha value is -3.48. The fourth-order valence-corrected chi connectivity index (χ4v) is 3.11. The van der Waals surface area contributed by atoms with E-state index in [1.165, 1.54) is 36.1 Å². The van der Waals surface area contributed by atoms with Gasteiger partial charge in [0.1, 0.15) is 5.82 Å². The highest BCUT2D eigenvalue weighted by atomic mass is 19.1. The first kappa shape index (κ1) is 19.3. The maximum absolute atomic E-state index is 12.9. The summed E-state index contributed by atoms with van der Waals surface area (Å²) in [5.74, 6) is -1.40. The maximum Gasteiger partial charge on any atom is 0.242 e. The van der Waals surface area contributed by atoms with Gasteiger partial charge in [0.25, 0.3) is 0 Å². The summed E-state index contributed by atoms with van der Waals surface area (Å²) < 4.78 is 12.9. The van der Waals surface area contributed by atoms with E-state index in [0.717, 1.165) is 11.1 Å². The molecule has 7 heteroatoms. The molecule has 0 spiro atoms. The van der Waals surface area contributed by atoms with Crippen LogP contribution in [0.2, 0.25) is 0 Å². The van der Waals surface area contributed by atoms with Gasteiger partial charge in [-0.1, -0.05) is 36.4 Å². The summed E-state index contributed by atoms with van der Waals surface area (Å²) in [6, 6.07) is 12.6. The lowest BCUT2D eigenvalue weighted by atomic mass is 9.93. The number of fused-ring (bicyclic) bond motifs is 1. The van der Waals surface area contributed by atoms with Crippen LogP contribution in [-0.2, 0) is 20.8 Å². The first-order valence-electron chi connectivity index (χ1n) is 8.82. The molecule has 2 aromatic carbocycles. The van der Waals surface area contributed by atoms with Gasteiger partial charge in [0, 0.05) is 13.1 Å². The van der Waals surface area contributed by atoms with E-state index in [0.29, 0.717) is 5.56 Å². The van der Waals surface area contributed by atoms with Crippen LogP contribution in [0.5, 0.6) is 0 Å². The van der Waals surface area contributed by atoms with Gasteiger partial charge < -0.3 is 4.90 Å². The summed E-state index contributed by atoms with van der Waals surface area (Å²) in [5.41, 5.74) is 7.16. The Bertz CT molecular complexity index is 925. The van der Waals surface area contributed by atoms with Crippen LogP contribution >= 0.6 is 0 Å². The molecule has 2 N–H and O–H groups in total. The molecule has 28 heavy (non-hydrogen) atoms. The quantitative estimate of drug-likeness (QED) is 0.799. The number of nitrogens with one attached hydrogen (secondary N) is 2. The molecule has 0 saturated carbocycles. The minimum atomic E-state index is -0.451. The maximum atomic E-state index is 12.9. The summed E-state index contributed by atoms with van der Waals surface area (Å²) in [7, 11) is 0. The number of hydrogen-bond donors (Lipinski definition) is 2. The first-order valence-corrected chi connectivity index (χ1v) is 8.82. The van der Waals surface area contributed by atoms with Crippen molar-refractivity contribution in [3.63, 3.8) is 0 Å². The number of rotatable bonds is 4. The van der Waals surface area contributed by atoms with Crippen molar-refractivity contribution in [1.29, 1.82) is 0 Å². The molecule has 3 rings (SSSR count). The van der Waals surface area contributed by atoms with Crippen LogP contribution in [0, 0.1) is 5.82 Å². The molecule has 1 aliphatic rings. The highest BCUT2D eigenvalue weighted by molar-refractivity contribution is 5.85. The smallest absolute Gasteiger partial charge is 0.242 e. The molecule has 0 bridgehead atoms. The van der Waals surface area contributed by atoms with E-state index < -0.39 is 17.9 Å². The number of nitrogens with zero attached hydrogens (tertiary/aromatic N) is 1. The van der Waals surface area contributed by atoms with Crippen molar-refractivity contribution < 1.29 is 18.8 Å². The van der Waals surface area contributed by atoms with E-state index in [4.69, 9.17) is 0 Å². The van der Waals surface area contributed by atoms with Crippen molar-refractivity contribution >= 4 is 23.8 Å². The Kier molecular flexibility index (Phi) is 5.84. The fraction of sp³-hybridized carbons (Fsp3) is 0.190. The van der Waals surface area contributed by atoms with Crippen LogP contribution in [-0.4, -0.2) is 22.6 Å². The SMILES string of the molecule is CC(=O)N1C=Cc2ccccc2[C@@H]1CC(=O)NNC(=O)Cc1ccc(F)cc1. The molecule has 0 aliphatic carbocycles. The molecule has 144 valence electrons. The van der Waals surface area contributed by atoms with Crippen LogP contribution < -0.4 is 10.9 Å². The third-order valence-corrected chi connectivity index (χ3v) is 4.47. The Morgan fingerprint density at radius 3 is 2.39 bits per heavy atom. The standard InChI is InChI=1S/C21H20FN3O3/c1-14(26)25-11-10-16-4-2-3-5-18(16)19(25)13-21(28)24-23-20(27)12-15-6-8-17(22)9-7-15/h2-11,19H,12-13H2,1H3,(H,23,27)(H,24,28)/t19-/m0/s1. The predicted molar refractivity (Wildman–Crippen MR) is 102 cm³/mol. The Balaban J connectivity index is 1.60. The number of carbonyl (C=O) groups is 3. The number of carbonyl (C=O) groups excluding carboxylic acids is 3. The van der Waals surface area contributed by atoms with Gasteiger partial charge >= 0.3 is 0 Å². The van der Waals surface area contributed by atoms with Crippen molar-refractivity contribution in [2.45, 2.75) is 25.8 Å². The molecule has 0 fully saturated rings. The minimum absolute atomic E-state index is 0.00222. The summed E-state index contributed by atoms with van der Waals surface area (Å²) in [6.45, 7) is 1.44. The molecule has 1 aliphatic heterocycles. The van der Waals surface area contributed by atoms with E-state index >= 15 is 0 Å². The fourth-order valence-electron chi connectivity index (χ4n) is 3.11. The zero-order chi connectivity index (χ0) is 20.1. The van der Waals surface area contributed by atoms with E-state index in [2.05, 4.69) is 10.9 Å². The van der Waals surface area contributed by atoms with Crippen LogP contribution in [0.15, 0.2) is 54.7 Å². The number of amides is 3. The lowest BCUT2D eigenvalue weighted by Crippen LogP contribution is -2.44. The molecule has 1 heterocycles. The highest BCUT2D eigenvalue weighted by Crippen LogP contribution is 2.32. The minimum Gasteiger partial charge on any atom is -0.311 e. The van der Waals surface area contributed by atoms with E-state index in [1.54, 1.807) is 6.20 Å². The third-order valence-electron chi connectivity index (χ3n) is 4.47. The van der Waals surface area contributed by atoms with Gasteiger partial charge in [-0.05, 0) is 34.9 Å². The Morgan fingerprint density at radius 1 is 1.00 bits per heavy atom. The van der Waals surface area contributed by atoms with Crippen molar-refractivity contribution in [3.05, 3.63) is 77.2 Å². The van der Waals surface area contributed by atoms with Crippen molar-refractivity contribution in [1.82, 2.24) is 15.8 Å². The van der Waals surface area contributed by atoms with Gasteiger partial charge in [-0.25, -0.2) is 4.39 Å². The Morgan fingerprint density at radius 2 is 1.68 bits per heavy atom. The molecule has 2 aromatic rings. The van der Waals surface area contributed by atoms with Crippen molar-refractivity contribution in [2.24, 2.45) is 0 Å². The summed E-state index contributed by atoms with van der Waals surface area (Å²) >= 11 is 0. The van der Waals surface area contributed by atoms with Crippen LogP contribution in [0.4, 0.5) is 4.39 Å². The van der Waals surface area contributed by atoms with Crippen molar-refractivity contribution in [2.75, 3.05) is 0 Å². The van der Waals surface area contributed by atoms with Gasteiger partial charge in [-0.3, -0.25) is 25.2 Å². The van der Waals surface area contributed by atoms with Crippen molar-refractivity contribution in [3.8, 4) is 0 Å². The van der Waals surface area contributed by atoms with E-state index in [9.17, 15) is 18.8 Å². The lowest BCUT2D eigenvalue weighted by molar-refractivity contribution is -0.132. The predicted octanol–water partition coefficient (Wildman–Crippen LogP) is 2.48. The van der Waals surface area contributed by atoms with Gasteiger partial charge in [0.15, 0.2) is 0 Å². The number of hydrogen-bond acceptors (Lipinski definition) is 3. The van der Waals surface area contributed by atoms with Gasteiger partial charge in [0.05, 0.1) is 18.9 Å². The molecule has 0 saturated heterocycles. The monoisotopic (exact) mass is 381 g/mol. The van der Waals surface area contributed by atoms with Crippen LogP contribution in [0.1, 0.15) is 36.1 Å². The zero-order valence-corrected chi connectivity index (χ0v) is 15.3. The van der Waals surface area contributed by atoms with E-state index in [-0.39, 0.29) is 24.6 Å². The summed E-state index contributed by atoms with van der Waals surface area (Å²) in [5, 5.41) is 0. The largest absolute Gasteiger partial charge is 0.311 e. The van der Waals surface area contributed by atoms with Crippen LogP contribution in [0.25, 0.3) is 6.08 Å².